The van der Waals surface area contributed by atoms with Crippen molar-refractivity contribution in [3.63, 3.8) is 0 Å². The van der Waals surface area contributed by atoms with E-state index in [2.05, 4.69) is 21.1 Å². The Bertz CT molecular complexity index is 1070. The van der Waals surface area contributed by atoms with Crippen LogP contribution in [0.4, 0.5) is 0 Å². The predicted molar refractivity (Wildman–Crippen MR) is 94.3 cm³/mol. The van der Waals surface area contributed by atoms with Gasteiger partial charge in [0.15, 0.2) is 9.99 Å². The van der Waals surface area contributed by atoms with Crippen LogP contribution in [0.3, 0.4) is 0 Å². The second kappa shape index (κ2) is 5.95. The maximum Gasteiger partial charge on any atom is 0.231 e. The number of benzene rings is 1. The SMILES string of the molecule is COc1ccc2nc(Cc3ccc4nc(S(C)=O)sc4c3)cn2n1. The Morgan fingerprint density at radius 2 is 2.12 bits per heavy atom. The molecule has 0 fully saturated rings. The molecule has 4 rings (SSSR count). The van der Waals surface area contributed by atoms with Gasteiger partial charge in [-0.15, -0.1) is 16.4 Å². The van der Waals surface area contributed by atoms with E-state index >= 15 is 0 Å². The highest BCUT2D eigenvalue weighted by molar-refractivity contribution is 7.86. The minimum Gasteiger partial charge on any atom is -0.480 e. The summed E-state index contributed by atoms with van der Waals surface area (Å²) in [6, 6.07) is 9.75. The smallest absolute Gasteiger partial charge is 0.231 e. The number of hydrogen-bond acceptors (Lipinski definition) is 6. The van der Waals surface area contributed by atoms with E-state index < -0.39 is 10.8 Å². The lowest BCUT2D eigenvalue weighted by molar-refractivity contribution is 0.390. The van der Waals surface area contributed by atoms with E-state index in [1.807, 2.05) is 24.4 Å². The summed E-state index contributed by atoms with van der Waals surface area (Å²) in [7, 11) is 0.543. The normalized spacial score (nSPS) is 12.8. The minimum absolute atomic E-state index is 0.553. The number of aromatic nitrogens is 4. The third-order valence-electron chi connectivity index (χ3n) is 3.62. The summed E-state index contributed by atoms with van der Waals surface area (Å²) in [4.78, 5) is 8.97. The Hall–Kier alpha value is -2.32. The Labute approximate surface area is 144 Å². The summed E-state index contributed by atoms with van der Waals surface area (Å²) in [5.74, 6) is 0.553. The predicted octanol–water partition coefficient (Wildman–Crippen LogP) is 2.68. The number of rotatable bonds is 4. The molecule has 0 saturated heterocycles. The molecule has 1 atom stereocenters. The fourth-order valence-electron chi connectivity index (χ4n) is 2.50. The monoisotopic (exact) mass is 358 g/mol. The highest BCUT2D eigenvalue weighted by atomic mass is 32.2. The minimum atomic E-state index is -1.05. The van der Waals surface area contributed by atoms with Crippen LogP contribution in [0.1, 0.15) is 11.3 Å². The van der Waals surface area contributed by atoms with Gasteiger partial charge in [0.1, 0.15) is 0 Å². The van der Waals surface area contributed by atoms with E-state index in [9.17, 15) is 4.21 Å². The lowest BCUT2D eigenvalue weighted by atomic mass is 10.1. The molecule has 4 aromatic rings. The molecule has 0 saturated carbocycles. The molecule has 0 radical (unpaired) electrons. The average Bonchev–Trinajstić information content (AvgIpc) is 3.16. The molecule has 0 aliphatic rings. The first-order valence-electron chi connectivity index (χ1n) is 7.24. The third-order valence-corrected chi connectivity index (χ3v) is 5.97. The molecule has 1 aromatic carbocycles. The molecule has 0 amide bonds. The standard InChI is InChI=1S/C16H14N4O2S2/c1-22-15-6-5-14-17-11(9-20(14)19-15)7-10-3-4-12-13(8-10)23-16(18-12)24(2)21/h3-6,8-9H,7H2,1-2H3. The van der Waals surface area contributed by atoms with Gasteiger partial charge in [-0.05, 0) is 23.8 Å². The van der Waals surface area contributed by atoms with E-state index in [0.29, 0.717) is 16.6 Å². The van der Waals surface area contributed by atoms with Gasteiger partial charge in [-0.2, -0.15) is 0 Å². The molecule has 0 aliphatic carbocycles. The molecular formula is C16H14N4O2S2. The number of imidazole rings is 1. The largest absolute Gasteiger partial charge is 0.480 e. The van der Waals surface area contributed by atoms with Crippen LogP contribution in [0.5, 0.6) is 5.88 Å². The van der Waals surface area contributed by atoms with Gasteiger partial charge in [0.2, 0.25) is 5.88 Å². The summed E-state index contributed by atoms with van der Waals surface area (Å²) in [5, 5.41) is 4.32. The van der Waals surface area contributed by atoms with E-state index in [0.717, 1.165) is 27.1 Å². The van der Waals surface area contributed by atoms with E-state index in [4.69, 9.17) is 4.74 Å². The topological polar surface area (TPSA) is 69.4 Å². The zero-order chi connectivity index (χ0) is 16.7. The maximum absolute atomic E-state index is 11.6. The van der Waals surface area contributed by atoms with Crippen LogP contribution in [0.2, 0.25) is 0 Å². The molecule has 0 spiro atoms. The van der Waals surface area contributed by atoms with Gasteiger partial charge in [-0.1, -0.05) is 6.07 Å². The molecule has 24 heavy (non-hydrogen) atoms. The number of hydrogen-bond donors (Lipinski definition) is 0. The maximum atomic E-state index is 11.6. The van der Waals surface area contributed by atoms with E-state index in [1.165, 1.54) is 11.3 Å². The molecule has 3 heterocycles. The molecule has 0 bridgehead atoms. The zero-order valence-electron chi connectivity index (χ0n) is 13.1. The summed E-state index contributed by atoms with van der Waals surface area (Å²) in [6.45, 7) is 0. The van der Waals surface area contributed by atoms with Crippen LogP contribution >= 0.6 is 11.3 Å². The van der Waals surface area contributed by atoms with Gasteiger partial charge >= 0.3 is 0 Å². The Balaban J connectivity index is 1.66. The summed E-state index contributed by atoms with van der Waals surface area (Å²) in [5.41, 5.74) is 3.73. The Morgan fingerprint density at radius 1 is 1.25 bits per heavy atom. The van der Waals surface area contributed by atoms with Crippen LogP contribution in [0, 0.1) is 0 Å². The van der Waals surface area contributed by atoms with Crippen molar-refractivity contribution in [3.8, 4) is 5.88 Å². The molecule has 1 unspecified atom stereocenters. The van der Waals surface area contributed by atoms with Gasteiger partial charge in [0.05, 0.1) is 40.0 Å². The Kier molecular flexibility index (Phi) is 3.78. The summed E-state index contributed by atoms with van der Waals surface area (Å²) < 4.78 is 20.1. The van der Waals surface area contributed by atoms with Crippen molar-refractivity contribution in [2.45, 2.75) is 10.8 Å². The molecule has 6 nitrogen and oxygen atoms in total. The number of ether oxygens (including phenoxy) is 1. The van der Waals surface area contributed by atoms with Crippen molar-refractivity contribution in [1.29, 1.82) is 0 Å². The zero-order valence-corrected chi connectivity index (χ0v) is 14.7. The van der Waals surface area contributed by atoms with Gasteiger partial charge < -0.3 is 4.74 Å². The first kappa shape index (κ1) is 15.2. The van der Waals surface area contributed by atoms with Crippen molar-refractivity contribution < 1.29 is 8.95 Å². The quantitative estimate of drug-likeness (QED) is 0.561. The highest BCUT2D eigenvalue weighted by Crippen LogP contribution is 2.26. The first-order valence-corrected chi connectivity index (χ1v) is 9.62. The first-order chi connectivity index (χ1) is 11.6. The van der Waals surface area contributed by atoms with Crippen molar-refractivity contribution >= 4 is 38.0 Å². The molecule has 0 N–H and O–H groups in total. The van der Waals surface area contributed by atoms with Gasteiger partial charge in [-0.3, -0.25) is 4.21 Å². The van der Waals surface area contributed by atoms with Crippen molar-refractivity contribution in [1.82, 2.24) is 19.6 Å². The average molecular weight is 358 g/mol. The summed E-state index contributed by atoms with van der Waals surface area (Å²) in [6.07, 6.45) is 4.25. The molecule has 122 valence electrons. The number of nitrogens with zero attached hydrogens (tertiary/aromatic N) is 4. The molecule has 8 heteroatoms. The van der Waals surface area contributed by atoms with Gasteiger partial charge in [0, 0.05) is 18.7 Å². The van der Waals surface area contributed by atoms with E-state index in [1.54, 1.807) is 23.9 Å². The van der Waals surface area contributed by atoms with Crippen LogP contribution in [0.15, 0.2) is 40.9 Å². The van der Waals surface area contributed by atoms with Crippen LogP contribution in [-0.2, 0) is 17.2 Å². The van der Waals surface area contributed by atoms with Crippen molar-refractivity contribution in [2.24, 2.45) is 0 Å². The highest BCUT2D eigenvalue weighted by Gasteiger charge is 2.09. The Morgan fingerprint density at radius 3 is 2.92 bits per heavy atom. The van der Waals surface area contributed by atoms with Crippen molar-refractivity contribution in [2.75, 3.05) is 13.4 Å². The van der Waals surface area contributed by atoms with Gasteiger partial charge in [0.25, 0.3) is 0 Å². The second-order valence-electron chi connectivity index (χ2n) is 5.32. The van der Waals surface area contributed by atoms with E-state index in [-0.39, 0.29) is 0 Å². The fourth-order valence-corrected chi connectivity index (χ4v) is 4.22. The molecular weight excluding hydrogens is 344 g/mol. The number of methoxy groups -OCH3 is 1. The van der Waals surface area contributed by atoms with Crippen LogP contribution in [0.25, 0.3) is 15.9 Å². The third kappa shape index (κ3) is 2.78. The second-order valence-corrected chi connectivity index (χ2v) is 7.91. The van der Waals surface area contributed by atoms with Crippen molar-refractivity contribution in [3.05, 3.63) is 47.8 Å². The molecule has 3 aromatic heterocycles. The number of fused-ring (bicyclic) bond motifs is 2. The lowest BCUT2D eigenvalue weighted by Gasteiger charge is -1.97. The lowest BCUT2D eigenvalue weighted by Crippen LogP contribution is -1.93. The number of thiazole rings is 1. The molecule has 0 aliphatic heterocycles. The fraction of sp³-hybridized carbons (Fsp3) is 0.188. The van der Waals surface area contributed by atoms with Gasteiger partial charge in [-0.25, -0.2) is 14.5 Å². The van der Waals surface area contributed by atoms with Crippen LogP contribution < -0.4 is 4.74 Å². The summed E-state index contributed by atoms with van der Waals surface area (Å²) >= 11 is 1.47. The van der Waals surface area contributed by atoms with Crippen LogP contribution in [-0.4, -0.2) is 37.2 Å².